The van der Waals surface area contributed by atoms with Crippen LogP contribution in [0, 0.1) is 0 Å². The summed E-state index contributed by atoms with van der Waals surface area (Å²) >= 11 is 0. The molecule has 0 spiro atoms. The van der Waals surface area contributed by atoms with Gasteiger partial charge in [-0.1, -0.05) is 117 Å². The van der Waals surface area contributed by atoms with Gasteiger partial charge >= 0.3 is 41.5 Å². The summed E-state index contributed by atoms with van der Waals surface area (Å²) < 4.78 is 43.2. The fraction of sp³-hybridized carbons (Fsp3) is 0.875. The molecule has 0 heterocycles. The van der Waals surface area contributed by atoms with E-state index in [4.69, 9.17) is 9.47 Å². The van der Waals surface area contributed by atoms with Crippen molar-refractivity contribution < 1.29 is 41.6 Å². The van der Waals surface area contributed by atoms with Gasteiger partial charge in [0.25, 0.3) is 10.1 Å². The maximum absolute atomic E-state index is 12.5. The third-order valence-corrected chi connectivity index (χ3v) is 8.40. The van der Waals surface area contributed by atoms with Gasteiger partial charge in [-0.3, -0.25) is 23.7 Å². The number of hydrogen-bond donors (Lipinski definition) is 3. The first-order valence-corrected chi connectivity index (χ1v) is 18.4. The molecule has 45 heavy (non-hydrogen) atoms. The van der Waals surface area contributed by atoms with Crippen molar-refractivity contribution in [3.63, 3.8) is 0 Å². The van der Waals surface area contributed by atoms with E-state index >= 15 is 0 Å². The second-order valence-corrected chi connectivity index (χ2v) is 13.3. The Bertz CT molecular complexity index is 918. The van der Waals surface area contributed by atoms with Gasteiger partial charge in [0, 0.05) is 12.8 Å². The van der Waals surface area contributed by atoms with Gasteiger partial charge in [0.15, 0.2) is 17.7 Å². The van der Waals surface area contributed by atoms with Gasteiger partial charge in [0.05, 0.1) is 6.42 Å². The van der Waals surface area contributed by atoms with E-state index in [0.29, 0.717) is 12.8 Å². The summed E-state index contributed by atoms with van der Waals surface area (Å²) in [4.78, 5) is 49.1. The summed E-state index contributed by atoms with van der Waals surface area (Å²) in [6.07, 6.45) is 17.1. The Morgan fingerprint density at radius 2 is 0.933 bits per heavy atom. The van der Waals surface area contributed by atoms with Crippen LogP contribution in [0.1, 0.15) is 163 Å². The quantitative estimate of drug-likeness (QED) is 0.0305. The van der Waals surface area contributed by atoms with Crippen LogP contribution in [0.5, 0.6) is 0 Å². The van der Waals surface area contributed by atoms with E-state index in [1.54, 1.807) is 0 Å². The molecule has 0 aliphatic heterocycles. The third kappa shape index (κ3) is 27.6. The number of ether oxygens (including phenoxy) is 2. The Morgan fingerprint density at radius 3 is 1.29 bits per heavy atom. The Balaban J connectivity index is 0. The summed E-state index contributed by atoms with van der Waals surface area (Å²) in [6.45, 7) is 7.11. The number of rotatable bonds is 28. The average molecular weight is 673 g/mol. The second kappa shape index (κ2) is 29.0. The minimum atomic E-state index is -5.02. The van der Waals surface area contributed by atoms with Crippen LogP contribution < -0.4 is 10.6 Å². The van der Waals surface area contributed by atoms with Crippen LogP contribution in [-0.4, -0.2) is 84.0 Å². The number of nitrogens with one attached hydrogen (secondary N) is 2. The number of carbonyl (C=O) groups excluding carboxylic acids is 4. The van der Waals surface area contributed by atoms with Gasteiger partial charge in [0.2, 0.25) is 11.8 Å². The van der Waals surface area contributed by atoms with E-state index in [0.717, 1.165) is 38.5 Å². The van der Waals surface area contributed by atoms with E-state index in [2.05, 4.69) is 24.5 Å². The van der Waals surface area contributed by atoms with Crippen molar-refractivity contribution >= 4 is 63.4 Å². The molecule has 0 saturated carbocycles. The fourth-order valence-electron chi connectivity index (χ4n) is 4.81. The van der Waals surface area contributed by atoms with E-state index in [9.17, 15) is 32.1 Å². The predicted molar refractivity (Wildman–Crippen MR) is 178 cm³/mol. The molecule has 0 aromatic rings. The average Bonchev–Trinajstić information content (AvgIpc) is 2.93. The molecule has 13 heteroatoms. The van der Waals surface area contributed by atoms with Gasteiger partial charge in [-0.2, -0.15) is 8.42 Å². The Kier molecular flexibility index (Phi) is 29.6. The molecule has 2 amide bonds. The molecule has 0 radical (unpaired) electrons. The van der Waals surface area contributed by atoms with Gasteiger partial charge in [-0.15, -0.1) is 0 Å². The van der Waals surface area contributed by atoms with Gasteiger partial charge in [-0.05, 0) is 26.7 Å². The molecule has 11 nitrogen and oxygen atoms in total. The fourth-order valence-corrected chi connectivity index (χ4v) is 5.45. The molecule has 0 rings (SSSR count). The van der Waals surface area contributed by atoms with Crippen molar-refractivity contribution in [1.29, 1.82) is 0 Å². The molecule has 0 aliphatic rings. The molecule has 0 aromatic heterocycles. The summed E-state index contributed by atoms with van der Waals surface area (Å²) in [5, 5.41) is 2.74. The van der Waals surface area contributed by atoms with E-state index < -0.39 is 46.2 Å². The molecule has 0 aromatic carbocycles. The molecule has 3 atom stereocenters. The van der Waals surface area contributed by atoms with Gasteiger partial charge < -0.3 is 20.1 Å². The Morgan fingerprint density at radius 1 is 0.600 bits per heavy atom. The van der Waals surface area contributed by atoms with Crippen LogP contribution in [0.2, 0.25) is 0 Å². The zero-order chi connectivity index (χ0) is 33.2. The molecule has 0 saturated heterocycles. The molecule has 0 fully saturated rings. The maximum atomic E-state index is 12.5. The normalized spacial score (nSPS) is 13.2. The first-order chi connectivity index (χ1) is 20.9. The van der Waals surface area contributed by atoms with Crippen LogP contribution in [0.3, 0.4) is 0 Å². The predicted octanol–water partition coefficient (Wildman–Crippen LogP) is 5.84. The molecular formula is C32H61N2NaO9S. The Hall–Kier alpha value is -1.21. The number of hydrogen-bond acceptors (Lipinski definition) is 8. The number of amides is 2. The second-order valence-electron chi connectivity index (χ2n) is 11.7. The standard InChI is InChI=1S/C32H60N2O9S.Na.H/c1-5-7-9-11-13-15-17-19-21-23-29(35)33-26(3)42-31(37)25-28(44(39,40)41)32(38)43-27(4)34-30(36)24-22-20-18-16-14-12-10-8-6-2;;/h26-28H,5-25H2,1-4H3,(H,33,35)(H,34,36)(H,39,40,41);;. The number of esters is 2. The summed E-state index contributed by atoms with van der Waals surface area (Å²) in [7, 11) is -5.02. The topological polar surface area (TPSA) is 165 Å². The summed E-state index contributed by atoms with van der Waals surface area (Å²) in [5.41, 5.74) is 0. The van der Waals surface area contributed by atoms with E-state index in [1.807, 2.05) is 0 Å². The first kappa shape index (κ1) is 45.9. The van der Waals surface area contributed by atoms with Crippen molar-refractivity contribution in [3.8, 4) is 0 Å². The SMILES string of the molecule is CCCCCCCCCCCC(=O)NC(C)OC(=O)CC(C(=O)OC(C)NC(=O)CCCCCCCCCCC)S(=O)(=O)O.[NaH]. The van der Waals surface area contributed by atoms with Crippen molar-refractivity contribution in [2.75, 3.05) is 0 Å². The molecule has 3 N–H and O–H groups in total. The summed E-state index contributed by atoms with van der Waals surface area (Å²) in [5.74, 6) is -3.20. The number of carbonyl (C=O) groups is 4. The van der Waals surface area contributed by atoms with Crippen LogP contribution in [0.25, 0.3) is 0 Å². The van der Waals surface area contributed by atoms with Gasteiger partial charge in [-0.25, -0.2) is 0 Å². The first-order valence-electron chi connectivity index (χ1n) is 16.9. The van der Waals surface area contributed by atoms with Crippen molar-refractivity contribution in [2.24, 2.45) is 0 Å². The molecule has 0 bridgehead atoms. The van der Waals surface area contributed by atoms with Crippen LogP contribution in [0.4, 0.5) is 0 Å². The Labute approximate surface area is 294 Å². The minimum absolute atomic E-state index is 0. The van der Waals surface area contributed by atoms with Crippen LogP contribution in [-0.2, 0) is 38.8 Å². The summed E-state index contributed by atoms with van der Waals surface area (Å²) in [6, 6.07) is 0. The van der Waals surface area contributed by atoms with Crippen LogP contribution in [0.15, 0.2) is 0 Å². The van der Waals surface area contributed by atoms with Crippen molar-refractivity contribution in [1.82, 2.24) is 10.6 Å². The van der Waals surface area contributed by atoms with Crippen LogP contribution >= 0.6 is 0 Å². The molecular weight excluding hydrogens is 611 g/mol. The van der Waals surface area contributed by atoms with Crippen molar-refractivity contribution in [3.05, 3.63) is 0 Å². The van der Waals surface area contributed by atoms with Crippen molar-refractivity contribution in [2.45, 2.75) is 180 Å². The van der Waals surface area contributed by atoms with E-state index in [-0.39, 0.29) is 54.2 Å². The zero-order valence-electron chi connectivity index (χ0n) is 27.7. The van der Waals surface area contributed by atoms with E-state index in [1.165, 1.54) is 78.1 Å². The molecule has 0 aliphatic carbocycles. The third-order valence-electron chi connectivity index (χ3n) is 7.32. The monoisotopic (exact) mass is 672 g/mol. The molecule has 260 valence electrons. The number of unbranched alkanes of at least 4 members (excludes halogenated alkanes) is 16. The zero-order valence-corrected chi connectivity index (χ0v) is 28.5. The van der Waals surface area contributed by atoms with Gasteiger partial charge in [0.1, 0.15) is 0 Å². The molecule has 3 unspecified atom stereocenters.